The normalized spacial score (nSPS) is 16.4. The lowest BCUT2D eigenvalue weighted by Gasteiger charge is -2.41. The minimum absolute atomic E-state index is 0.195. The Labute approximate surface area is 113 Å². The van der Waals surface area contributed by atoms with E-state index in [-0.39, 0.29) is 11.4 Å². The van der Waals surface area contributed by atoms with E-state index in [0.717, 1.165) is 19.3 Å². The zero-order chi connectivity index (χ0) is 13.9. The molecule has 5 nitrogen and oxygen atoms in total. The van der Waals surface area contributed by atoms with Crippen LogP contribution in [0.2, 0.25) is 0 Å². The molecule has 1 aromatic carbocycles. The molecule has 104 valence electrons. The van der Waals surface area contributed by atoms with Gasteiger partial charge in [0.05, 0.1) is 19.8 Å². The van der Waals surface area contributed by atoms with Gasteiger partial charge in [-0.05, 0) is 31.4 Å². The second-order valence-corrected chi connectivity index (χ2v) is 4.83. The van der Waals surface area contributed by atoms with Crippen LogP contribution in [0, 0.1) is 0 Å². The molecule has 3 N–H and O–H groups in total. The second-order valence-electron chi connectivity index (χ2n) is 4.83. The van der Waals surface area contributed by atoms with Crippen LogP contribution in [0.5, 0.6) is 11.5 Å². The lowest BCUT2D eigenvalue weighted by Crippen LogP contribution is -2.58. The van der Waals surface area contributed by atoms with Crippen molar-refractivity contribution in [2.45, 2.75) is 24.8 Å². The molecule has 1 amide bonds. The smallest absolute Gasteiger partial charge is 0.259 e. The highest BCUT2D eigenvalue weighted by molar-refractivity contribution is 6.00. The van der Waals surface area contributed by atoms with Crippen LogP contribution in [0.25, 0.3) is 0 Å². The fourth-order valence-corrected chi connectivity index (χ4v) is 2.36. The molecule has 5 heteroatoms. The van der Waals surface area contributed by atoms with E-state index < -0.39 is 0 Å². The average Bonchev–Trinajstić information content (AvgIpc) is 2.41. The number of rotatable bonds is 5. The Bertz CT molecular complexity index is 442. The molecule has 0 radical (unpaired) electrons. The van der Waals surface area contributed by atoms with Gasteiger partial charge >= 0.3 is 0 Å². The van der Waals surface area contributed by atoms with E-state index >= 15 is 0 Å². The molecule has 19 heavy (non-hydrogen) atoms. The maximum Gasteiger partial charge on any atom is 0.259 e. The first-order valence-corrected chi connectivity index (χ1v) is 6.39. The van der Waals surface area contributed by atoms with Crippen molar-refractivity contribution < 1.29 is 14.3 Å². The van der Waals surface area contributed by atoms with Crippen molar-refractivity contribution in [3.63, 3.8) is 0 Å². The van der Waals surface area contributed by atoms with Gasteiger partial charge < -0.3 is 20.5 Å². The molecule has 0 aromatic heterocycles. The number of carbonyl (C=O) groups is 1. The molecule has 0 bridgehead atoms. The summed E-state index contributed by atoms with van der Waals surface area (Å²) < 4.78 is 10.5. The van der Waals surface area contributed by atoms with Gasteiger partial charge in [0.1, 0.15) is 17.1 Å². The highest BCUT2D eigenvalue weighted by Crippen LogP contribution is 2.33. The van der Waals surface area contributed by atoms with Gasteiger partial charge in [0.25, 0.3) is 5.91 Å². The number of benzene rings is 1. The molecule has 2 rings (SSSR count). The summed E-state index contributed by atoms with van der Waals surface area (Å²) in [6.45, 7) is 0.455. The number of hydrogen-bond donors (Lipinski definition) is 2. The Morgan fingerprint density at radius 2 is 1.89 bits per heavy atom. The van der Waals surface area contributed by atoms with E-state index in [2.05, 4.69) is 5.32 Å². The standard InChI is InChI=1S/C14H20N2O3/c1-18-10-5-3-6-11(19-2)12(10)13(17)16-14(9-15)7-4-8-14/h3,5-6H,4,7-9,15H2,1-2H3,(H,16,17). The highest BCUT2D eigenvalue weighted by Gasteiger charge is 2.38. The van der Waals surface area contributed by atoms with Gasteiger partial charge in [-0.1, -0.05) is 6.07 Å². The third kappa shape index (κ3) is 2.51. The number of carbonyl (C=O) groups excluding carboxylic acids is 1. The molecule has 1 fully saturated rings. The van der Waals surface area contributed by atoms with Gasteiger partial charge in [0, 0.05) is 6.54 Å². The summed E-state index contributed by atoms with van der Waals surface area (Å²) in [6.07, 6.45) is 2.94. The van der Waals surface area contributed by atoms with Gasteiger partial charge in [0.15, 0.2) is 0 Å². The number of nitrogens with two attached hydrogens (primary N) is 1. The number of hydrogen-bond acceptors (Lipinski definition) is 4. The quantitative estimate of drug-likeness (QED) is 0.841. The van der Waals surface area contributed by atoms with Crippen molar-refractivity contribution in [1.29, 1.82) is 0 Å². The molecular formula is C14H20N2O3. The van der Waals surface area contributed by atoms with Crippen molar-refractivity contribution in [2.24, 2.45) is 5.73 Å². The number of nitrogens with one attached hydrogen (secondary N) is 1. The van der Waals surface area contributed by atoms with E-state index in [4.69, 9.17) is 15.2 Å². The van der Waals surface area contributed by atoms with E-state index in [1.54, 1.807) is 18.2 Å². The van der Waals surface area contributed by atoms with Crippen LogP contribution >= 0.6 is 0 Å². The van der Waals surface area contributed by atoms with Crippen LogP contribution in [-0.2, 0) is 0 Å². The largest absolute Gasteiger partial charge is 0.496 e. The Morgan fingerprint density at radius 3 is 2.26 bits per heavy atom. The fraction of sp³-hybridized carbons (Fsp3) is 0.500. The maximum absolute atomic E-state index is 12.4. The molecule has 0 aliphatic heterocycles. The Kier molecular flexibility index (Phi) is 3.95. The Hall–Kier alpha value is -1.75. The summed E-state index contributed by atoms with van der Waals surface area (Å²) >= 11 is 0. The predicted molar refractivity (Wildman–Crippen MR) is 72.6 cm³/mol. The monoisotopic (exact) mass is 264 g/mol. The van der Waals surface area contributed by atoms with Crippen molar-refractivity contribution in [3.05, 3.63) is 23.8 Å². The van der Waals surface area contributed by atoms with Crippen LogP contribution in [0.15, 0.2) is 18.2 Å². The van der Waals surface area contributed by atoms with Crippen LogP contribution in [0.3, 0.4) is 0 Å². The minimum Gasteiger partial charge on any atom is -0.496 e. The Morgan fingerprint density at radius 1 is 1.32 bits per heavy atom. The highest BCUT2D eigenvalue weighted by atomic mass is 16.5. The summed E-state index contributed by atoms with van der Waals surface area (Å²) in [6, 6.07) is 5.27. The van der Waals surface area contributed by atoms with Crippen molar-refractivity contribution >= 4 is 5.91 Å². The van der Waals surface area contributed by atoms with Gasteiger partial charge in [-0.2, -0.15) is 0 Å². The molecule has 0 atom stereocenters. The summed E-state index contributed by atoms with van der Waals surface area (Å²) in [4.78, 5) is 12.4. The van der Waals surface area contributed by atoms with Crippen LogP contribution in [0.1, 0.15) is 29.6 Å². The maximum atomic E-state index is 12.4. The topological polar surface area (TPSA) is 73.6 Å². The SMILES string of the molecule is COc1cccc(OC)c1C(=O)NC1(CN)CCC1. The van der Waals surface area contributed by atoms with E-state index in [0.29, 0.717) is 23.6 Å². The van der Waals surface area contributed by atoms with Gasteiger partial charge in [-0.15, -0.1) is 0 Å². The molecule has 0 saturated heterocycles. The Balaban J connectivity index is 2.27. The van der Waals surface area contributed by atoms with Gasteiger partial charge in [-0.25, -0.2) is 0 Å². The molecule has 1 aromatic rings. The number of amides is 1. The summed E-state index contributed by atoms with van der Waals surface area (Å²) in [5.74, 6) is 0.811. The zero-order valence-electron chi connectivity index (χ0n) is 11.4. The third-order valence-electron chi connectivity index (χ3n) is 3.73. The minimum atomic E-state index is -0.261. The first-order valence-electron chi connectivity index (χ1n) is 6.39. The van der Waals surface area contributed by atoms with Crippen molar-refractivity contribution in [1.82, 2.24) is 5.32 Å². The molecule has 0 spiro atoms. The van der Waals surface area contributed by atoms with E-state index in [9.17, 15) is 4.79 Å². The van der Waals surface area contributed by atoms with Crippen molar-refractivity contribution in [3.8, 4) is 11.5 Å². The van der Waals surface area contributed by atoms with Crippen LogP contribution in [0.4, 0.5) is 0 Å². The predicted octanol–water partition coefficient (Wildman–Crippen LogP) is 1.31. The molecule has 0 unspecified atom stereocenters. The van der Waals surface area contributed by atoms with Crippen LogP contribution in [-0.4, -0.2) is 32.2 Å². The number of ether oxygens (including phenoxy) is 2. The van der Waals surface area contributed by atoms with E-state index in [1.165, 1.54) is 14.2 Å². The van der Waals surface area contributed by atoms with E-state index in [1.807, 2.05) is 0 Å². The first kappa shape index (κ1) is 13.7. The van der Waals surface area contributed by atoms with Crippen molar-refractivity contribution in [2.75, 3.05) is 20.8 Å². The lowest BCUT2D eigenvalue weighted by atomic mass is 9.76. The van der Waals surface area contributed by atoms with Gasteiger partial charge in [0.2, 0.25) is 0 Å². The zero-order valence-corrected chi connectivity index (χ0v) is 11.4. The summed E-state index contributed by atoms with van der Waals surface area (Å²) in [5, 5.41) is 3.02. The second kappa shape index (κ2) is 5.48. The molecule has 1 aliphatic carbocycles. The molecule has 1 aliphatic rings. The van der Waals surface area contributed by atoms with Crippen LogP contribution < -0.4 is 20.5 Å². The third-order valence-corrected chi connectivity index (χ3v) is 3.73. The molecule has 1 saturated carbocycles. The first-order chi connectivity index (χ1) is 9.15. The molecular weight excluding hydrogens is 244 g/mol. The fourth-order valence-electron chi connectivity index (χ4n) is 2.36. The summed E-state index contributed by atoms with van der Waals surface area (Å²) in [7, 11) is 3.07. The lowest BCUT2D eigenvalue weighted by molar-refractivity contribution is 0.0831. The molecule has 0 heterocycles. The summed E-state index contributed by atoms with van der Waals surface area (Å²) in [5.41, 5.74) is 5.92. The number of methoxy groups -OCH3 is 2. The average molecular weight is 264 g/mol. The van der Waals surface area contributed by atoms with Gasteiger partial charge in [-0.3, -0.25) is 4.79 Å².